The third-order valence-electron chi connectivity index (χ3n) is 9.07. The van der Waals surface area contributed by atoms with E-state index >= 15 is 0 Å². The van der Waals surface area contributed by atoms with Crippen LogP contribution >= 0.6 is 0 Å². The number of anilines is 2. The van der Waals surface area contributed by atoms with Gasteiger partial charge in [-0.25, -0.2) is 15.0 Å². The van der Waals surface area contributed by atoms with Crippen molar-refractivity contribution in [2.45, 2.75) is 76.5 Å². The number of nitrogens with zero attached hydrogens (tertiary/aromatic N) is 8. The van der Waals surface area contributed by atoms with Gasteiger partial charge in [-0.2, -0.15) is 10.1 Å². The van der Waals surface area contributed by atoms with Crippen LogP contribution in [0.25, 0.3) is 16.8 Å². The average Bonchev–Trinajstić information content (AvgIpc) is 3.52. The van der Waals surface area contributed by atoms with Gasteiger partial charge in [-0.3, -0.25) is 9.08 Å². The highest BCUT2D eigenvalue weighted by molar-refractivity contribution is 5.84. The molecule has 0 atom stereocenters. The van der Waals surface area contributed by atoms with Gasteiger partial charge in [-0.1, -0.05) is 51.1 Å². The summed E-state index contributed by atoms with van der Waals surface area (Å²) in [6.07, 6.45) is 11.4. The molecule has 47 heavy (non-hydrogen) atoms. The van der Waals surface area contributed by atoms with Gasteiger partial charge in [0.2, 0.25) is 5.95 Å². The van der Waals surface area contributed by atoms with Gasteiger partial charge in [-0.15, -0.1) is 0 Å². The number of hydrogen-bond acceptors (Lipinski definition) is 9. The molecule has 0 bridgehead atoms. The predicted octanol–water partition coefficient (Wildman–Crippen LogP) is 6.85. The Morgan fingerprint density at radius 3 is 2.55 bits per heavy atom. The molecular weight excluding hydrogens is 594 g/mol. The Morgan fingerprint density at radius 1 is 1.00 bits per heavy atom. The number of methoxy groups -OCH3 is 1. The maximum absolute atomic E-state index is 6.29. The van der Waals surface area contributed by atoms with E-state index in [1.165, 1.54) is 5.56 Å². The summed E-state index contributed by atoms with van der Waals surface area (Å²) < 4.78 is 24.4. The van der Waals surface area contributed by atoms with E-state index in [1.807, 2.05) is 40.4 Å². The van der Waals surface area contributed by atoms with Crippen molar-refractivity contribution in [3.05, 3.63) is 78.3 Å². The molecule has 2 saturated carbocycles. The molecule has 0 spiro atoms. The number of aromatic nitrogens is 8. The van der Waals surface area contributed by atoms with Crippen LogP contribution in [0.2, 0.25) is 0 Å². The van der Waals surface area contributed by atoms with Gasteiger partial charge in [0.05, 0.1) is 50.6 Å². The fourth-order valence-electron chi connectivity index (χ4n) is 6.28. The van der Waals surface area contributed by atoms with Gasteiger partial charge in [0.25, 0.3) is 0 Å². The van der Waals surface area contributed by atoms with E-state index in [2.05, 4.69) is 63.9 Å². The zero-order valence-electron chi connectivity index (χ0n) is 27.3. The number of rotatable bonds is 10. The molecule has 5 heterocycles. The van der Waals surface area contributed by atoms with Crippen molar-refractivity contribution < 1.29 is 14.2 Å². The zero-order valence-corrected chi connectivity index (χ0v) is 27.3. The molecule has 5 aromatic heterocycles. The van der Waals surface area contributed by atoms with Gasteiger partial charge in [0.1, 0.15) is 11.3 Å². The van der Waals surface area contributed by atoms with E-state index in [9.17, 15) is 0 Å². The first kappa shape index (κ1) is 29.4. The second-order valence-corrected chi connectivity index (χ2v) is 13.6. The van der Waals surface area contributed by atoms with Crippen LogP contribution in [0, 0.1) is 0 Å². The number of aryl methyl sites for hydroxylation is 1. The molecule has 0 saturated heterocycles. The zero-order chi connectivity index (χ0) is 32.3. The van der Waals surface area contributed by atoms with Gasteiger partial charge >= 0.3 is 0 Å². The minimum Gasteiger partial charge on any atom is -0.491 e. The molecule has 12 nitrogen and oxygen atoms in total. The van der Waals surface area contributed by atoms with E-state index in [0.717, 1.165) is 48.7 Å². The molecule has 1 aromatic carbocycles. The molecule has 242 valence electrons. The highest BCUT2D eigenvalue weighted by Gasteiger charge is 2.36. The smallest absolute Gasteiger partial charge is 0.211 e. The maximum Gasteiger partial charge on any atom is 0.211 e. The van der Waals surface area contributed by atoms with Crippen LogP contribution in [0.15, 0.2) is 61.2 Å². The van der Waals surface area contributed by atoms with Crippen LogP contribution in [-0.4, -0.2) is 51.9 Å². The fraction of sp³-hybridized carbons (Fsp3) is 0.400. The Hall–Kier alpha value is -4.97. The predicted molar refractivity (Wildman–Crippen MR) is 178 cm³/mol. The normalized spacial score (nSPS) is 18.1. The van der Waals surface area contributed by atoms with Crippen molar-refractivity contribution in [3.63, 3.8) is 0 Å². The molecule has 2 aliphatic carbocycles. The van der Waals surface area contributed by atoms with Crippen molar-refractivity contribution in [2.75, 3.05) is 12.4 Å². The quantitative estimate of drug-likeness (QED) is 0.173. The van der Waals surface area contributed by atoms with Gasteiger partial charge in [0, 0.05) is 30.1 Å². The number of benzene rings is 1. The second-order valence-electron chi connectivity index (χ2n) is 13.6. The number of nitrogens with one attached hydrogen (secondary N) is 1. The summed E-state index contributed by atoms with van der Waals surface area (Å²) in [5.74, 6) is 4.40. The van der Waals surface area contributed by atoms with Crippen molar-refractivity contribution in [1.82, 2.24) is 38.7 Å². The topological polar surface area (TPSA) is 118 Å². The molecule has 0 amide bonds. The highest BCUT2D eigenvalue weighted by Crippen LogP contribution is 2.42. The first-order chi connectivity index (χ1) is 22.7. The summed E-state index contributed by atoms with van der Waals surface area (Å²) in [5.41, 5.74) is 4.29. The van der Waals surface area contributed by atoms with Gasteiger partial charge < -0.3 is 24.1 Å². The van der Waals surface area contributed by atoms with Crippen molar-refractivity contribution >= 4 is 28.6 Å². The first-order valence-corrected chi connectivity index (χ1v) is 16.2. The van der Waals surface area contributed by atoms with E-state index in [1.54, 1.807) is 25.7 Å². The molecular formula is C35H39N9O3. The Balaban J connectivity index is 1.03. The summed E-state index contributed by atoms with van der Waals surface area (Å²) >= 11 is 0. The van der Waals surface area contributed by atoms with E-state index < -0.39 is 0 Å². The van der Waals surface area contributed by atoms with Crippen LogP contribution in [0.4, 0.5) is 11.8 Å². The minimum atomic E-state index is -0.0969. The molecule has 0 radical (unpaired) electrons. The van der Waals surface area contributed by atoms with Crippen molar-refractivity contribution in [2.24, 2.45) is 7.05 Å². The number of ether oxygens (including phenoxy) is 3. The largest absolute Gasteiger partial charge is 0.491 e. The van der Waals surface area contributed by atoms with Crippen LogP contribution < -0.4 is 14.8 Å². The van der Waals surface area contributed by atoms with Crippen molar-refractivity contribution in [1.29, 1.82) is 0 Å². The monoisotopic (exact) mass is 633 g/mol. The molecule has 2 fully saturated rings. The van der Waals surface area contributed by atoms with E-state index in [-0.39, 0.29) is 17.6 Å². The van der Waals surface area contributed by atoms with Crippen molar-refractivity contribution in [3.8, 4) is 17.2 Å². The highest BCUT2D eigenvalue weighted by atomic mass is 16.5. The summed E-state index contributed by atoms with van der Waals surface area (Å²) in [6, 6.07) is 12.7. The minimum absolute atomic E-state index is 0.0969. The molecule has 8 rings (SSSR count). The number of imidazole rings is 2. The SMILES string of the molecule is COc1c(Oc2cnc3cnc(C4CC4)n3c2)cnc2nc(Nc3cc(C(C)(C)C)n(C4CC(OCc5ccccc5)C4)n3)n(C)c12. The molecule has 0 unspecified atom stereocenters. The summed E-state index contributed by atoms with van der Waals surface area (Å²) in [6.45, 7) is 7.27. The third-order valence-corrected chi connectivity index (χ3v) is 9.07. The van der Waals surface area contributed by atoms with Crippen LogP contribution in [-0.2, 0) is 23.8 Å². The van der Waals surface area contributed by atoms with Gasteiger partial charge in [0.15, 0.2) is 34.4 Å². The first-order valence-electron chi connectivity index (χ1n) is 16.2. The Labute approximate surface area is 272 Å². The molecule has 12 heteroatoms. The van der Waals surface area contributed by atoms with E-state index in [0.29, 0.717) is 46.9 Å². The Bertz CT molecular complexity index is 2070. The summed E-state index contributed by atoms with van der Waals surface area (Å²) in [5, 5.41) is 8.47. The van der Waals surface area contributed by atoms with Gasteiger partial charge in [-0.05, 0) is 31.2 Å². The molecule has 1 N–H and O–H groups in total. The van der Waals surface area contributed by atoms with Crippen LogP contribution in [0.1, 0.15) is 75.5 Å². The Morgan fingerprint density at radius 2 is 1.81 bits per heavy atom. The van der Waals surface area contributed by atoms with Crippen LogP contribution in [0.3, 0.4) is 0 Å². The van der Waals surface area contributed by atoms with Crippen LogP contribution in [0.5, 0.6) is 17.2 Å². The molecule has 6 aromatic rings. The summed E-state index contributed by atoms with van der Waals surface area (Å²) in [4.78, 5) is 18.5. The molecule has 2 aliphatic rings. The Kier molecular flexibility index (Phi) is 7.12. The number of pyridine rings is 1. The summed E-state index contributed by atoms with van der Waals surface area (Å²) in [7, 11) is 3.55. The average molecular weight is 634 g/mol. The number of hydrogen-bond donors (Lipinski definition) is 1. The lowest BCUT2D eigenvalue weighted by Crippen LogP contribution is -2.36. The fourth-order valence-corrected chi connectivity index (χ4v) is 6.28. The lowest BCUT2D eigenvalue weighted by Gasteiger charge is -2.37. The standard InChI is InChI=1S/C35H39N9O3/c1-35(2,3)27-15-28(41-44(27)23-13-24(14-23)46-20-21-9-7-6-8-10-21)39-34-40-32-30(42(34)4)31(45-5)26(17-37-32)47-25-16-36-29-18-38-33(22-11-12-22)43(29)19-25/h6-10,15-19,22-24H,11-14,20H2,1-5H3,(H,37,39,40,41). The second kappa shape index (κ2) is 11.4. The maximum atomic E-state index is 6.29. The lowest BCUT2D eigenvalue weighted by atomic mass is 9.86. The molecule has 0 aliphatic heterocycles. The number of fused-ring (bicyclic) bond motifs is 2. The third kappa shape index (κ3) is 5.56. The lowest BCUT2D eigenvalue weighted by molar-refractivity contribution is -0.0394. The van der Waals surface area contributed by atoms with E-state index in [4.69, 9.17) is 24.3 Å².